The third-order valence-corrected chi connectivity index (χ3v) is 3.94. The van der Waals surface area contributed by atoms with E-state index in [0.717, 1.165) is 19.1 Å². The van der Waals surface area contributed by atoms with Gasteiger partial charge in [-0.05, 0) is 18.8 Å². The Morgan fingerprint density at radius 1 is 1.29 bits per heavy atom. The van der Waals surface area contributed by atoms with Crippen molar-refractivity contribution in [3.8, 4) is 0 Å². The predicted octanol–water partition coefficient (Wildman–Crippen LogP) is 2.14. The normalized spacial score (nSPS) is 28.7. The highest BCUT2D eigenvalue weighted by Crippen LogP contribution is 2.39. The van der Waals surface area contributed by atoms with E-state index in [2.05, 4.69) is 18.7 Å². The van der Waals surface area contributed by atoms with Gasteiger partial charge >= 0.3 is 0 Å². The number of ether oxygens (including phenoxy) is 1. The standard InChI is InChI=1S/C12H23NO/c1-3-11(2)8-13-9-12(10-13)4-6-14-7-5-12/h11H,3-10H2,1-2H3. The molecule has 0 aromatic heterocycles. The molecule has 1 spiro atoms. The average molecular weight is 197 g/mol. The molecule has 0 amide bonds. The summed E-state index contributed by atoms with van der Waals surface area (Å²) in [4.78, 5) is 2.62. The van der Waals surface area contributed by atoms with E-state index in [1.807, 2.05) is 0 Å². The zero-order chi connectivity index (χ0) is 10.0. The van der Waals surface area contributed by atoms with Crippen LogP contribution in [0.1, 0.15) is 33.1 Å². The van der Waals surface area contributed by atoms with Crippen molar-refractivity contribution in [3.63, 3.8) is 0 Å². The second kappa shape index (κ2) is 4.19. The monoisotopic (exact) mass is 197 g/mol. The molecule has 0 aromatic carbocycles. The molecule has 2 heteroatoms. The van der Waals surface area contributed by atoms with Crippen LogP contribution in [0.15, 0.2) is 0 Å². The highest BCUT2D eigenvalue weighted by atomic mass is 16.5. The van der Waals surface area contributed by atoms with Crippen molar-refractivity contribution in [1.82, 2.24) is 4.90 Å². The minimum Gasteiger partial charge on any atom is -0.381 e. The summed E-state index contributed by atoms with van der Waals surface area (Å²) in [6.45, 7) is 10.6. The van der Waals surface area contributed by atoms with Crippen LogP contribution in [-0.4, -0.2) is 37.7 Å². The van der Waals surface area contributed by atoms with Crippen LogP contribution in [0.4, 0.5) is 0 Å². The van der Waals surface area contributed by atoms with E-state index in [9.17, 15) is 0 Å². The minimum atomic E-state index is 0.658. The molecule has 14 heavy (non-hydrogen) atoms. The Balaban J connectivity index is 1.72. The van der Waals surface area contributed by atoms with E-state index in [-0.39, 0.29) is 0 Å². The first-order chi connectivity index (χ1) is 6.74. The molecule has 2 heterocycles. The number of nitrogens with zero attached hydrogens (tertiary/aromatic N) is 1. The Morgan fingerprint density at radius 2 is 1.93 bits per heavy atom. The largest absolute Gasteiger partial charge is 0.381 e. The second-order valence-electron chi connectivity index (χ2n) is 5.30. The van der Waals surface area contributed by atoms with E-state index in [4.69, 9.17) is 4.74 Å². The van der Waals surface area contributed by atoms with E-state index in [1.165, 1.54) is 38.9 Å². The van der Waals surface area contributed by atoms with Crippen LogP contribution in [-0.2, 0) is 4.74 Å². The van der Waals surface area contributed by atoms with Gasteiger partial charge in [-0.2, -0.15) is 0 Å². The maximum absolute atomic E-state index is 5.42. The van der Waals surface area contributed by atoms with Crippen LogP contribution >= 0.6 is 0 Å². The zero-order valence-electron chi connectivity index (χ0n) is 9.59. The highest BCUT2D eigenvalue weighted by Gasteiger charge is 2.43. The first kappa shape index (κ1) is 10.4. The average Bonchev–Trinajstić information content (AvgIpc) is 2.17. The molecular formula is C12H23NO. The Hall–Kier alpha value is -0.0800. The van der Waals surface area contributed by atoms with Crippen LogP contribution in [0.5, 0.6) is 0 Å². The van der Waals surface area contributed by atoms with Gasteiger partial charge in [0.1, 0.15) is 0 Å². The van der Waals surface area contributed by atoms with Crippen LogP contribution in [0.2, 0.25) is 0 Å². The van der Waals surface area contributed by atoms with Gasteiger partial charge in [0.25, 0.3) is 0 Å². The molecule has 0 aliphatic carbocycles. The predicted molar refractivity (Wildman–Crippen MR) is 58.4 cm³/mol. The fourth-order valence-electron chi connectivity index (χ4n) is 2.72. The maximum atomic E-state index is 5.42. The van der Waals surface area contributed by atoms with E-state index in [1.54, 1.807) is 0 Å². The third-order valence-electron chi connectivity index (χ3n) is 3.94. The first-order valence-electron chi connectivity index (χ1n) is 6.04. The number of hydrogen-bond acceptors (Lipinski definition) is 2. The van der Waals surface area contributed by atoms with Crippen LogP contribution in [0.3, 0.4) is 0 Å². The van der Waals surface area contributed by atoms with Crippen molar-refractivity contribution >= 4 is 0 Å². The Bertz CT molecular complexity index is 179. The SMILES string of the molecule is CCC(C)CN1CC2(CCOCC2)C1. The topological polar surface area (TPSA) is 12.5 Å². The van der Waals surface area contributed by atoms with Crippen LogP contribution in [0.25, 0.3) is 0 Å². The molecule has 2 aliphatic rings. The molecule has 0 aromatic rings. The van der Waals surface area contributed by atoms with Crippen molar-refractivity contribution in [2.24, 2.45) is 11.3 Å². The zero-order valence-corrected chi connectivity index (χ0v) is 9.59. The molecule has 1 atom stereocenters. The fraction of sp³-hybridized carbons (Fsp3) is 1.00. The van der Waals surface area contributed by atoms with Crippen molar-refractivity contribution in [2.45, 2.75) is 33.1 Å². The quantitative estimate of drug-likeness (QED) is 0.687. The summed E-state index contributed by atoms with van der Waals surface area (Å²) in [6.07, 6.45) is 3.90. The van der Waals surface area contributed by atoms with Crippen molar-refractivity contribution in [3.05, 3.63) is 0 Å². The van der Waals surface area contributed by atoms with Gasteiger partial charge in [0.05, 0.1) is 0 Å². The number of hydrogen-bond donors (Lipinski definition) is 0. The van der Waals surface area contributed by atoms with Gasteiger partial charge in [0.15, 0.2) is 0 Å². The molecule has 2 nitrogen and oxygen atoms in total. The lowest BCUT2D eigenvalue weighted by Gasteiger charge is -2.53. The summed E-state index contributed by atoms with van der Waals surface area (Å²) >= 11 is 0. The van der Waals surface area contributed by atoms with Crippen molar-refractivity contribution in [1.29, 1.82) is 0 Å². The molecule has 2 rings (SSSR count). The molecule has 0 N–H and O–H groups in total. The molecular weight excluding hydrogens is 174 g/mol. The molecule has 0 bridgehead atoms. The summed E-state index contributed by atoms with van der Waals surface area (Å²) in [7, 11) is 0. The number of rotatable bonds is 3. The van der Waals surface area contributed by atoms with Crippen molar-refractivity contribution in [2.75, 3.05) is 32.8 Å². The second-order valence-corrected chi connectivity index (χ2v) is 5.30. The maximum Gasteiger partial charge on any atom is 0.0472 e. The lowest BCUT2D eigenvalue weighted by atomic mass is 9.73. The van der Waals surface area contributed by atoms with E-state index < -0.39 is 0 Å². The van der Waals surface area contributed by atoms with E-state index >= 15 is 0 Å². The summed E-state index contributed by atoms with van der Waals surface area (Å²) in [6, 6.07) is 0. The lowest BCUT2D eigenvalue weighted by molar-refractivity contribution is -0.0844. The Morgan fingerprint density at radius 3 is 2.50 bits per heavy atom. The summed E-state index contributed by atoms with van der Waals surface area (Å²) in [5.41, 5.74) is 0.658. The van der Waals surface area contributed by atoms with Gasteiger partial charge < -0.3 is 9.64 Å². The Labute approximate surface area is 87.6 Å². The molecule has 2 aliphatic heterocycles. The van der Waals surface area contributed by atoms with Gasteiger partial charge in [-0.25, -0.2) is 0 Å². The smallest absolute Gasteiger partial charge is 0.0472 e. The molecule has 1 unspecified atom stereocenters. The van der Waals surface area contributed by atoms with E-state index in [0.29, 0.717) is 5.41 Å². The Kier molecular flexibility index (Phi) is 3.13. The molecule has 2 fully saturated rings. The van der Waals surface area contributed by atoms with Crippen molar-refractivity contribution < 1.29 is 4.74 Å². The summed E-state index contributed by atoms with van der Waals surface area (Å²) < 4.78 is 5.42. The molecule has 0 radical (unpaired) electrons. The van der Waals surface area contributed by atoms with Gasteiger partial charge in [-0.3, -0.25) is 0 Å². The molecule has 0 saturated carbocycles. The molecule has 82 valence electrons. The summed E-state index contributed by atoms with van der Waals surface area (Å²) in [5, 5.41) is 0. The van der Waals surface area contributed by atoms with Gasteiger partial charge in [-0.1, -0.05) is 20.3 Å². The highest BCUT2D eigenvalue weighted by molar-refractivity contribution is 4.96. The minimum absolute atomic E-state index is 0.658. The van der Waals surface area contributed by atoms with Gasteiger partial charge in [0, 0.05) is 38.3 Å². The van der Waals surface area contributed by atoms with Gasteiger partial charge in [-0.15, -0.1) is 0 Å². The molecule has 2 saturated heterocycles. The van der Waals surface area contributed by atoms with Gasteiger partial charge in [0.2, 0.25) is 0 Å². The lowest BCUT2D eigenvalue weighted by Crippen LogP contribution is -2.59. The van der Waals surface area contributed by atoms with Crippen LogP contribution in [0, 0.1) is 11.3 Å². The fourth-order valence-corrected chi connectivity index (χ4v) is 2.72. The number of likely N-dealkylation sites (tertiary alicyclic amines) is 1. The van der Waals surface area contributed by atoms with Crippen LogP contribution < -0.4 is 0 Å². The third kappa shape index (κ3) is 2.12. The summed E-state index contributed by atoms with van der Waals surface area (Å²) in [5.74, 6) is 0.868. The first-order valence-corrected chi connectivity index (χ1v) is 6.04.